The number of rotatable bonds is 6. The van der Waals surface area contributed by atoms with Crippen molar-refractivity contribution in [3.05, 3.63) is 57.2 Å². The van der Waals surface area contributed by atoms with Crippen molar-refractivity contribution in [1.82, 2.24) is 10.3 Å². The van der Waals surface area contributed by atoms with E-state index in [9.17, 15) is 4.79 Å². The predicted molar refractivity (Wildman–Crippen MR) is 98.4 cm³/mol. The van der Waals surface area contributed by atoms with E-state index in [1.54, 1.807) is 24.5 Å². The summed E-state index contributed by atoms with van der Waals surface area (Å²) in [7, 11) is 0. The molecule has 0 spiro atoms. The first kappa shape index (κ1) is 17.8. The summed E-state index contributed by atoms with van der Waals surface area (Å²) in [5.74, 6) is 0.875. The summed E-state index contributed by atoms with van der Waals surface area (Å²) in [5.41, 5.74) is 0.860. The maximum atomic E-state index is 12.0. The SMILES string of the molecule is Cc1nc(-c2ccco2)sc1CNC(=O)COc1ccc(Cl)cc1Cl. The van der Waals surface area contributed by atoms with Crippen molar-refractivity contribution >= 4 is 40.4 Å². The largest absolute Gasteiger partial charge is 0.482 e. The number of hydrogen-bond acceptors (Lipinski definition) is 5. The lowest BCUT2D eigenvalue weighted by atomic mass is 10.3. The van der Waals surface area contributed by atoms with E-state index in [2.05, 4.69) is 10.3 Å². The van der Waals surface area contributed by atoms with Gasteiger partial charge < -0.3 is 14.5 Å². The Labute approximate surface area is 158 Å². The standard InChI is InChI=1S/C17H14Cl2N2O3S/c1-10-15(25-17(21-10)14-3-2-6-23-14)8-20-16(22)9-24-13-5-4-11(18)7-12(13)19/h2-7H,8-9H2,1H3,(H,20,22). The van der Waals surface area contributed by atoms with Crippen LogP contribution in [0.2, 0.25) is 10.0 Å². The Morgan fingerprint density at radius 2 is 2.20 bits per heavy atom. The van der Waals surface area contributed by atoms with Gasteiger partial charge in [-0.05, 0) is 37.3 Å². The molecule has 0 unspecified atom stereocenters. The molecule has 1 N–H and O–H groups in total. The average molecular weight is 397 g/mol. The Hall–Kier alpha value is -2.02. The molecule has 0 radical (unpaired) electrons. The maximum absolute atomic E-state index is 12.0. The number of aromatic nitrogens is 1. The highest BCUT2D eigenvalue weighted by Gasteiger charge is 2.13. The number of carbonyl (C=O) groups excluding carboxylic acids is 1. The molecule has 0 atom stereocenters. The van der Waals surface area contributed by atoms with Crippen LogP contribution >= 0.6 is 34.5 Å². The summed E-state index contributed by atoms with van der Waals surface area (Å²) >= 11 is 13.3. The van der Waals surface area contributed by atoms with Gasteiger partial charge in [0, 0.05) is 9.90 Å². The fourth-order valence-corrected chi connectivity index (χ4v) is 3.50. The third-order valence-corrected chi connectivity index (χ3v) is 5.03. The molecule has 0 bridgehead atoms. The fraction of sp³-hybridized carbons (Fsp3) is 0.176. The van der Waals surface area contributed by atoms with Gasteiger partial charge in [0.2, 0.25) is 0 Å². The Balaban J connectivity index is 1.54. The normalized spacial score (nSPS) is 10.7. The first-order chi connectivity index (χ1) is 12.0. The highest BCUT2D eigenvalue weighted by molar-refractivity contribution is 7.15. The van der Waals surface area contributed by atoms with Gasteiger partial charge >= 0.3 is 0 Å². The number of nitrogens with one attached hydrogen (secondary N) is 1. The number of hydrogen-bond donors (Lipinski definition) is 1. The summed E-state index contributed by atoms with van der Waals surface area (Å²) in [4.78, 5) is 17.4. The van der Waals surface area contributed by atoms with Gasteiger partial charge in [0.25, 0.3) is 5.91 Å². The third-order valence-electron chi connectivity index (χ3n) is 3.32. The van der Waals surface area contributed by atoms with E-state index in [4.69, 9.17) is 32.4 Å². The number of furan rings is 1. The molecule has 1 amide bonds. The maximum Gasteiger partial charge on any atom is 0.258 e. The molecule has 3 rings (SSSR count). The van der Waals surface area contributed by atoms with Crippen molar-refractivity contribution in [3.63, 3.8) is 0 Å². The van der Waals surface area contributed by atoms with Crippen LogP contribution in [-0.2, 0) is 11.3 Å². The van der Waals surface area contributed by atoms with Crippen molar-refractivity contribution < 1.29 is 13.9 Å². The first-order valence-electron chi connectivity index (χ1n) is 7.37. The van der Waals surface area contributed by atoms with Crippen LogP contribution in [0.3, 0.4) is 0 Å². The predicted octanol–water partition coefficient (Wildman–Crippen LogP) is 4.71. The minimum atomic E-state index is -0.252. The Morgan fingerprint density at radius 1 is 1.36 bits per heavy atom. The van der Waals surface area contributed by atoms with E-state index in [1.165, 1.54) is 11.3 Å². The summed E-state index contributed by atoms with van der Waals surface area (Å²) < 4.78 is 10.7. The molecule has 5 nitrogen and oxygen atoms in total. The molecule has 8 heteroatoms. The van der Waals surface area contributed by atoms with Gasteiger partial charge in [0.15, 0.2) is 17.4 Å². The molecule has 1 aromatic carbocycles. The summed E-state index contributed by atoms with van der Waals surface area (Å²) in [6.45, 7) is 2.14. The average Bonchev–Trinajstić information content (AvgIpc) is 3.21. The van der Waals surface area contributed by atoms with Crippen molar-refractivity contribution in [1.29, 1.82) is 0 Å². The lowest BCUT2D eigenvalue weighted by Crippen LogP contribution is -2.28. The summed E-state index contributed by atoms with van der Waals surface area (Å²) in [6, 6.07) is 8.50. The van der Waals surface area contributed by atoms with Crippen LogP contribution in [0, 0.1) is 6.92 Å². The molecule has 2 heterocycles. The smallest absolute Gasteiger partial charge is 0.258 e. The van der Waals surface area contributed by atoms with Crippen molar-refractivity contribution in [2.75, 3.05) is 6.61 Å². The third kappa shape index (κ3) is 4.54. The van der Waals surface area contributed by atoms with Gasteiger partial charge in [0.1, 0.15) is 5.75 Å². The van der Waals surface area contributed by atoms with E-state index in [0.717, 1.165) is 15.6 Å². The van der Waals surface area contributed by atoms with Gasteiger partial charge in [-0.15, -0.1) is 11.3 Å². The van der Waals surface area contributed by atoms with E-state index < -0.39 is 0 Å². The molecule has 0 fully saturated rings. The van der Waals surface area contributed by atoms with E-state index in [0.29, 0.717) is 28.1 Å². The van der Waals surface area contributed by atoms with Gasteiger partial charge in [-0.3, -0.25) is 4.79 Å². The van der Waals surface area contributed by atoms with Gasteiger partial charge in [0.05, 0.1) is 23.5 Å². The molecule has 0 aliphatic heterocycles. The number of carbonyl (C=O) groups is 1. The van der Waals surface area contributed by atoms with Crippen molar-refractivity contribution in [2.45, 2.75) is 13.5 Å². The number of ether oxygens (including phenoxy) is 1. The molecular weight excluding hydrogens is 383 g/mol. The topological polar surface area (TPSA) is 64.4 Å². The number of benzene rings is 1. The molecular formula is C17H14Cl2N2O3S. The number of halogens is 2. The Kier molecular flexibility index (Phi) is 5.63. The van der Waals surface area contributed by atoms with Crippen LogP contribution in [0.15, 0.2) is 41.0 Å². The highest BCUT2D eigenvalue weighted by Crippen LogP contribution is 2.28. The Morgan fingerprint density at radius 3 is 2.92 bits per heavy atom. The molecule has 2 aromatic heterocycles. The second kappa shape index (κ2) is 7.91. The van der Waals surface area contributed by atoms with Crippen LogP contribution in [0.25, 0.3) is 10.8 Å². The minimum Gasteiger partial charge on any atom is -0.482 e. The number of amides is 1. The highest BCUT2D eigenvalue weighted by atomic mass is 35.5. The fourth-order valence-electron chi connectivity index (χ4n) is 2.06. The van der Waals surface area contributed by atoms with Crippen molar-refractivity contribution in [3.8, 4) is 16.5 Å². The molecule has 0 aliphatic carbocycles. The summed E-state index contributed by atoms with van der Waals surface area (Å²) in [5, 5.41) is 4.47. The monoisotopic (exact) mass is 396 g/mol. The van der Waals surface area contributed by atoms with E-state index in [1.807, 2.05) is 19.1 Å². The molecule has 25 heavy (non-hydrogen) atoms. The Bertz CT molecular complexity index is 878. The van der Waals surface area contributed by atoms with Crippen LogP contribution in [0.1, 0.15) is 10.6 Å². The number of nitrogens with zero attached hydrogens (tertiary/aromatic N) is 1. The van der Waals surface area contributed by atoms with Crippen LogP contribution in [0.5, 0.6) is 5.75 Å². The lowest BCUT2D eigenvalue weighted by molar-refractivity contribution is -0.123. The lowest BCUT2D eigenvalue weighted by Gasteiger charge is -2.08. The molecule has 0 saturated heterocycles. The van der Waals surface area contributed by atoms with Crippen molar-refractivity contribution in [2.24, 2.45) is 0 Å². The summed E-state index contributed by atoms with van der Waals surface area (Å²) in [6.07, 6.45) is 1.60. The molecule has 0 saturated carbocycles. The van der Waals surface area contributed by atoms with Crippen LogP contribution < -0.4 is 10.1 Å². The quantitative estimate of drug-likeness (QED) is 0.654. The molecule has 0 aliphatic rings. The van der Waals surface area contributed by atoms with Gasteiger partial charge in [-0.1, -0.05) is 23.2 Å². The second-order valence-corrected chi connectivity index (χ2v) is 7.07. The molecule has 130 valence electrons. The first-order valence-corrected chi connectivity index (χ1v) is 8.95. The van der Waals surface area contributed by atoms with Crippen LogP contribution in [-0.4, -0.2) is 17.5 Å². The van der Waals surface area contributed by atoms with Gasteiger partial charge in [-0.25, -0.2) is 4.98 Å². The number of aryl methyl sites for hydroxylation is 1. The molecule has 3 aromatic rings. The number of thiazole rings is 1. The second-order valence-electron chi connectivity index (χ2n) is 5.15. The zero-order valence-corrected chi connectivity index (χ0v) is 15.5. The van der Waals surface area contributed by atoms with Gasteiger partial charge in [-0.2, -0.15) is 0 Å². The minimum absolute atomic E-state index is 0.135. The van der Waals surface area contributed by atoms with E-state index >= 15 is 0 Å². The van der Waals surface area contributed by atoms with Crippen LogP contribution in [0.4, 0.5) is 0 Å². The zero-order chi connectivity index (χ0) is 17.8. The van der Waals surface area contributed by atoms with E-state index in [-0.39, 0.29) is 12.5 Å². The zero-order valence-electron chi connectivity index (χ0n) is 13.2.